The van der Waals surface area contributed by atoms with E-state index in [9.17, 15) is 19.2 Å². The van der Waals surface area contributed by atoms with E-state index in [-0.39, 0.29) is 11.4 Å². The predicted octanol–water partition coefficient (Wildman–Crippen LogP) is 3.12. The van der Waals surface area contributed by atoms with Crippen molar-refractivity contribution < 1.29 is 24.3 Å². The van der Waals surface area contributed by atoms with Gasteiger partial charge in [-0.1, -0.05) is 28.9 Å². The van der Waals surface area contributed by atoms with Gasteiger partial charge >= 0.3 is 5.97 Å². The predicted molar refractivity (Wildman–Crippen MR) is 115 cm³/mol. The van der Waals surface area contributed by atoms with Gasteiger partial charge in [0, 0.05) is 18.2 Å². The van der Waals surface area contributed by atoms with E-state index in [2.05, 4.69) is 43.6 Å². The molecule has 0 saturated carbocycles. The van der Waals surface area contributed by atoms with Crippen LogP contribution in [0, 0.1) is 0 Å². The lowest BCUT2D eigenvalue weighted by Gasteiger charge is -2.13. The van der Waals surface area contributed by atoms with E-state index in [0.717, 1.165) is 37.0 Å². The average molecular weight is 415 g/mol. The zero-order valence-corrected chi connectivity index (χ0v) is 18.0. The molecule has 7 heteroatoms. The first-order valence-corrected chi connectivity index (χ1v) is 9.83. The second kappa shape index (κ2) is 12.4. The van der Waals surface area contributed by atoms with Crippen LogP contribution in [0.15, 0.2) is 58.5 Å². The van der Waals surface area contributed by atoms with Crippen molar-refractivity contribution in [1.82, 2.24) is 10.6 Å². The number of amides is 1. The molecule has 0 bridgehead atoms. The van der Waals surface area contributed by atoms with Crippen molar-refractivity contribution in [1.29, 1.82) is 0 Å². The maximum absolute atomic E-state index is 12.1. The molecule has 1 aliphatic carbocycles. The van der Waals surface area contributed by atoms with Gasteiger partial charge < -0.3 is 15.7 Å². The van der Waals surface area contributed by atoms with Crippen molar-refractivity contribution in [3.05, 3.63) is 58.5 Å². The molecule has 0 aromatic rings. The van der Waals surface area contributed by atoms with Gasteiger partial charge in [0.2, 0.25) is 17.5 Å². The third kappa shape index (κ3) is 9.82. The number of hydrogen-bond acceptors (Lipinski definition) is 5. The Bertz CT molecular complexity index is 853. The van der Waals surface area contributed by atoms with Crippen molar-refractivity contribution in [2.24, 2.45) is 0 Å². The van der Waals surface area contributed by atoms with Gasteiger partial charge in [-0.3, -0.25) is 19.2 Å². The van der Waals surface area contributed by atoms with Crippen LogP contribution in [0.4, 0.5) is 0 Å². The van der Waals surface area contributed by atoms with Gasteiger partial charge in [0.05, 0.1) is 11.4 Å². The zero-order valence-electron chi connectivity index (χ0n) is 18.0. The number of carboxylic acid groups (broad SMARTS) is 1. The Kier molecular flexibility index (Phi) is 10.2. The Morgan fingerprint density at radius 1 is 0.900 bits per heavy atom. The Labute approximate surface area is 177 Å². The molecule has 0 aliphatic heterocycles. The summed E-state index contributed by atoms with van der Waals surface area (Å²) in [6.45, 7) is 7.61. The molecule has 0 aromatic carbocycles. The Morgan fingerprint density at radius 2 is 1.47 bits per heavy atom. The number of rotatable bonds is 11. The van der Waals surface area contributed by atoms with E-state index in [1.54, 1.807) is 0 Å². The zero-order chi connectivity index (χ0) is 22.7. The molecule has 0 spiro atoms. The first-order valence-electron chi connectivity index (χ1n) is 9.83. The Hall–Kier alpha value is -3.22. The lowest BCUT2D eigenvalue weighted by atomic mass is 10.1. The second-order valence-electron chi connectivity index (χ2n) is 7.48. The molecule has 0 atom stereocenters. The van der Waals surface area contributed by atoms with E-state index in [1.807, 2.05) is 6.92 Å². The minimum absolute atomic E-state index is 0.112. The van der Waals surface area contributed by atoms with Crippen molar-refractivity contribution in [2.75, 3.05) is 6.54 Å². The maximum atomic E-state index is 12.1. The van der Waals surface area contributed by atoms with E-state index in [0.29, 0.717) is 6.42 Å². The first-order chi connectivity index (χ1) is 14.1. The van der Waals surface area contributed by atoms with Crippen LogP contribution in [0.2, 0.25) is 0 Å². The molecule has 0 saturated heterocycles. The summed E-state index contributed by atoms with van der Waals surface area (Å²) in [4.78, 5) is 46.7. The molecule has 1 rings (SSSR count). The normalized spacial score (nSPS) is 14.7. The van der Waals surface area contributed by atoms with Gasteiger partial charge in [-0.15, -0.1) is 0 Å². The van der Waals surface area contributed by atoms with E-state index in [1.165, 1.54) is 17.2 Å². The van der Waals surface area contributed by atoms with Gasteiger partial charge in [0.15, 0.2) is 0 Å². The SMILES string of the molecule is CC(C)=CCCC(C)=CCCC(C)=CC(=O)NC1=CC(=O)C(NCC(=O)O)=CC1=O. The van der Waals surface area contributed by atoms with Crippen LogP contribution in [0.25, 0.3) is 0 Å². The molecule has 0 radical (unpaired) electrons. The molecular formula is C23H30N2O5. The highest BCUT2D eigenvalue weighted by atomic mass is 16.4. The van der Waals surface area contributed by atoms with E-state index in [4.69, 9.17) is 5.11 Å². The van der Waals surface area contributed by atoms with Gasteiger partial charge in [0.1, 0.15) is 6.54 Å². The van der Waals surface area contributed by atoms with Crippen molar-refractivity contribution >= 4 is 23.4 Å². The fraction of sp³-hybridized carbons (Fsp3) is 0.391. The van der Waals surface area contributed by atoms with Crippen LogP contribution in [0.3, 0.4) is 0 Å². The summed E-state index contributed by atoms with van der Waals surface area (Å²) in [6, 6.07) is 0. The molecule has 30 heavy (non-hydrogen) atoms. The maximum Gasteiger partial charge on any atom is 0.322 e. The molecule has 1 aliphatic rings. The summed E-state index contributed by atoms with van der Waals surface area (Å²) in [7, 11) is 0. The highest BCUT2D eigenvalue weighted by Crippen LogP contribution is 2.12. The summed E-state index contributed by atoms with van der Waals surface area (Å²) in [5.41, 5.74) is 3.23. The third-order valence-corrected chi connectivity index (χ3v) is 4.27. The minimum Gasteiger partial charge on any atom is -0.480 e. The van der Waals surface area contributed by atoms with Gasteiger partial charge in [-0.2, -0.15) is 0 Å². The highest BCUT2D eigenvalue weighted by Gasteiger charge is 2.21. The van der Waals surface area contributed by atoms with E-state index >= 15 is 0 Å². The molecule has 0 aromatic heterocycles. The quantitative estimate of drug-likeness (QED) is 0.272. The van der Waals surface area contributed by atoms with Crippen molar-refractivity contribution in [3.8, 4) is 0 Å². The van der Waals surface area contributed by atoms with Crippen LogP contribution >= 0.6 is 0 Å². The first kappa shape index (κ1) is 24.8. The summed E-state index contributed by atoms with van der Waals surface area (Å²) in [6.07, 6.45) is 11.3. The number of nitrogens with one attached hydrogen (secondary N) is 2. The lowest BCUT2D eigenvalue weighted by molar-refractivity contribution is -0.135. The van der Waals surface area contributed by atoms with Crippen LogP contribution in [0.1, 0.15) is 53.4 Å². The molecular weight excluding hydrogens is 384 g/mol. The highest BCUT2D eigenvalue weighted by molar-refractivity contribution is 6.20. The van der Waals surface area contributed by atoms with Crippen LogP contribution in [-0.4, -0.2) is 35.1 Å². The molecule has 162 valence electrons. The standard InChI is InChI=1S/C23H30N2O5/c1-15(2)7-5-8-16(3)9-6-10-17(4)11-22(28)25-19-13-20(26)18(12-21(19)27)24-14-23(29)30/h7,9,11-13,24H,5-6,8,10,14H2,1-4H3,(H,25,28)(H,29,30). The number of carboxylic acids is 1. The van der Waals surface area contributed by atoms with Crippen LogP contribution in [-0.2, 0) is 19.2 Å². The number of aliphatic carboxylic acids is 1. The number of hydrogen-bond donors (Lipinski definition) is 3. The number of ketones is 2. The summed E-state index contributed by atoms with van der Waals surface area (Å²) < 4.78 is 0. The average Bonchev–Trinajstić information content (AvgIpc) is 2.62. The monoisotopic (exact) mass is 414 g/mol. The van der Waals surface area contributed by atoms with Crippen LogP contribution in [0.5, 0.6) is 0 Å². The molecule has 0 heterocycles. The van der Waals surface area contributed by atoms with Gasteiger partial charge in [0.25, 0.3) is 0 Å². The smallest absolute Gasteiger partial charge is 0.322 e. The Balaban J connectivity index is 2.54. The Morgan fingerprint density at radius 3 is 2.10 bits per heavy atom. The minimum atomic E-state index is -1.15. The third-order valence-electron chi connectivity index (χ3n) is 4.27. The van der Waals surface area contributed by atoms with E-state index < -0.39 is 30.0 Å². The fourth-order valence-corrected chi connectivity index (χ4v) is 2.67. The van der Waals surface area contributed by atoms with Gasteiger partial charge in [-0.05, 0) is 53.4 Å². The number of allylic oxidation sites excluding steroid dienone is 7. The van der Waals surface area contributed by atoms with Crippen molar-refractivity contribution in [2.45, 2.75) is 53.4 Å². The second-order valence-corrected chi connectivity index (χ2v) is 7.48. The number of carbonyl (C=O) groups is 4. The van der Waals surface area contributed by atoms with Crippen molar-refractivity contribution in [3.63, 3.8) is 0 Å². The topological polar surface area (TPSA) is 113 Å². The fourth-order valence-electron chi connectivity index (χ4n) is 2.67. The number of carbonyl (C=O) groups excluding carboxylic acids is 3. The summed E-state index contributed by atoms with van der Waals surface area (Å²) in [5.74, 6) is -2.78. The molecule has 0 fully saturated rings. The largest absolute Gasteiger partial charge is 0.480 e. The summed E-state index contributed by atoms with van der Waals surface area (Å²) in [5, 5.41) is 13.4. The molecule has 3 N–H and O–H groups in total. The van der Waals surface area contributed by atoms with Gasteiger partial charge in [-0.25, -0.2) is 0 Å². The summed E-state index contributed by atoms with van der Waals surface area (Å²) >= 11 is 0. The lowest BCUT2D eigenvalue weighted by Crippen LogP contribution is -2.33. The van der Waals surface area contributed by atoms with Crippen LogP contribution < -0.4 is 10.6 Å². The molecule has 1 amide bonds. The molecule has 7 nitrogen and oxygen atoms in total. The molecule has 0 unspecified atom stereocenters.